The molecule has 0 saturated carbocycles. The molecule has 0 aliphatic rings. The molecule has 0 aromatic rings. The van der Waals surface area contributed by atoms with Crippen LogP contribution in [0.3, 0.4) is 0 Å². The van der Waals surface area contributed by atoms with Crippen LogP contribution < -0.4 is 5.73 Å². The van der Waals surface area contributed by atoms with Crippen LogP contribution in [0.1, 0.15) is 19.8 Å². The fourth-order valence-electron chi connectivity index (χ4n) is 0.991. The van der Waals surface area contributed by atoms with E-state index in [1.165, 1.54) is 0 Å². The minimum absolute atomic E-state index is 0.223. The highest BCUT2D eigenvalue weighted by atomic mass is 19.1. The smallest absolute Gasteiger partial charge is 0.0906 e. The zero-order valence-electron chi connectivity index (χ0n) is 7.52. The zero-order chi connectivity index (χ0) is 8.69. The van der Waals surface area contributed by atoms with Gasteiger partial charge in [0.25, 0.3) is 0 Å². The third kappa shape index (κ3) is 5.16. The van der Waals surface area contributed by atoms with E-state index >= 15 is 0 Å². The summed E-state index contributed by atoms with van der Waals surface area (Å²) in [6.07, 6.45) is 1.62. The van der Waals surface area contributed by atoms with Crippen molar-refractivity contribution in [1.29, 1.82) is 0 Å². The summed E-state index contributed by atoms with van der Waals surface area (Å²) in [4.78, 5) is 2.15. The molecule has 0 aromatic heterocycles. The molecule has 0 rings (SSSR count). The highest BCUT2D eigenvalue weighted by Gasteiger charge is 2.06. The maximum Gasteiger partial charge on any atom is 0.0906 e. The highest BCUT2D eigenvalue weighted by Crippen LogP contribution is 2.00. The predicted octanol–water partition coefficient (Wildman–Crippen LogP) is 1.02. The lowest BCUT2D eigenvalue weighted by molar-refractivity contribution is 0.237. The summed E-state index contributed by atoms with van der Waals surface area (Å²) in [6.45, 7) is 3.43. The average molecular weight is 162 g/mol. The summed E-state index contributed by atoms with van der Waals surface area (Å²) in [5, 5.41) is 0. The van der Waals surface area contributed by atoms with Gasteiger partial charge in [0.15, 0.2) is 0 Å². The van der Waals surface area contributed by atoms with Gasteiger partial charge in [0.1, 0.15) is 0 Å². The molecule has 0 aromatic carbocycles. The lowest BCUT2D eigenvalue weighted by Crippen LogP contribution is -2.31. The van der Waals surface area contributed by atoms with Crippen LogP contribution in [0, 0.1) is 0 Å². The zero-order valence-corrected chi connectivity index (χ0v) is 7.52. The van der Waals surface area contributed by atoms with Crippen LogP contribution in [-0.2, 0) is 0 Å². The number of hydrogen-bond acceptors (Lipinski definition) is 2. The largest absolute Gasteiger partial charge is 0.330 e. The van der Waals surface area contributed by atoms with Crippen molar-refractivity contribution < 1.29 is 4.39 Å². The first-order valence-electron chi connectivity index (χ1n) is 4.18. The summed E-state index contributed by atoms with van der Waals surface area (Å²) in [5.41, 5.74) is 5.40. The van der Waals surface area contributed by atoms with Gasteiger partial charge in [-0.25, -0.2) is 0 Å². The minimum Gasteiger partial charge on any atom is -0.330 e. The Morgan fingerprint density at radius 3 is 2.64 bits per heavy atom. The lowest BCUT2D eigenvalue weighted by Gasteiger charge is -2.23. The van der Waals surface area contributed by atoms with E-state index in [0.717, 1.165) is 13.0 Å². The lowest BCUT2D eigenvalue weighted by atomic mass is 10.2. The number of alkyl halides is 1. The van der Waals surface area contributed by atoms with Gasteiger partial charge < -0.3 is 10.6 Å². The maximum absolute atomic E-state index is 11.8. The van der Waals surface area contributed by atoms with Gasteiger partial charge in [-0.3, -0.25) is 4.39 Å². The molecule has 0 saturated heterocycles. The van der Waals surface area contributed by atoms with E-state index in [1.54, 1.807) is 0 Å². The number of nitrogens with zero attached hydrogens (tertiary/aromatic N) is 1. The summed E-state index contributed by atoms with van der Waals surface area (Å²) >= 11 is 0. The Balaban J connectivity index is 3.38. The predicted molar refractivity (Wildman–Crippen MR) is 46.4 cm³/mol. The van der Waals surface area contributed by atoms with Crippen molar-refractivity contribution >= 4 is 0 Å². The van der Waals surface area contributed by atoms with Crippen LogP contribution in [-0.4, -0.2) is 37.8 Å². The molecule has 2 nitrogen and oxygen atoms in total. The molecule has 0 aliphatic carbocycles. The molecule has 0 radical (unpaired) electrons. The molecule has 0 heterocycles. The number of nitrogens with two attached hydrogens (primary N) is 1. The summed E-state index contributed by atoms with van der Waals surface area (Å²) in [7, 11) is 2.01. The van der Waals surface area contributed by atoms with E-state index in [4.69, 9.17) is 5.73 Å². The third-order valence-electron chi connectivity index (χ3n) is 1.98. The monoisotopic (exact) mass is 162 g/mol. The molecule has 68 valence electrons. The molecule has 0 bridgehead atoms. The highest BCUT2D eigenvalue weighted by molar-refractivity contribution is 4.62. The molecule has 0 fully saturated rings. The first-order chi connectivity index (χ1) is 5.22. The Bertz CT molecular complexity index is 88.2. The van der Waals surface area contributed by atoms with Crippen LogP contribution in [0.2, 0.25) is 0 Å². The Hall–Kier alpha value is -0.150. The Morgan fingerprint density at radius 1 is 1.55 bits per heavy atom. The molecule has 1 atom stereocenters. The van der Waals surface area contributed by atoms with Gasteiger partial charge in [0.05, 0.1) is 6.67 Å². The van der Waals surface area contributed by atoms with Gasteiger partial charge in [-0.2, -0.15) is 0 Å². The summed E-state index contributed by atoms with van der Waals surface area (Å²) in [5.74, 6) is 0. The van der Waals surface area contributed by atoms with Crippen molar-refractivity contribution in [1.82, 2.24) is 4.90 Å². The molecular weight excluding hydrogens is 143 g/mol. The fraction of sp³-hybridized carbons (Fsp3) is 1.00. The van der Waals surface area contributed by atoms with Gasteiger partial charge in [0, 0.05) is 12.6 Å². The van der Waals surface area contributed by atoms with E-state index in [9.17, 15) is 4.39 Å². The van der Waals surface area contributed by atoms with E-state index in [-0.39, 0.29) is 6.67 Å². The van der Waals surface area contributed by atoms with Crippen molar-refractivity contribution in [2.45, 2.75) is 25.8 Å². The second-order valence-electron chi connectivity index (χ2n) is 2.95. The molecule has 2 N–H and O–H groups in total. The topological polar surface area (TPSA) is 29.3 Å². The number of halogens is 1. The van der Waals surface area contributed by atoms with E-state index in [2.05, 4.69) is 11.8 Å². The minimum atomic E-state index is -0.223. The molecule has 0 aliphatic heterocycles. The second-order valence-corrected chi connectivity index (χ2v) is 2.95. The van der Waals surface area contributed by atoms with Gasteiger partial charge >= 0.3 is 0 Å². The second kappa shape index (κ2) is 6.55. The van der Waals surface area contributed by atoms with Gasteiger partial charge in [-0.1, -0.05) is 0 Å². The Morgan fingerprint density at radius 2 is 2.18 bits per heavy atom. The summed E-state index contributed by atoms with van der Waals surface area (Å²) < 4.78 is 11.8. The van der Waals surface area contributed by atoms with Crippen molar-refractivity contribution in [3.8, 4) is 0 Å². The van der Waals surface area contributed by atoms with Gasteiger partial charge in [0.2, 0.25) is 0 Å². The van der Waals surface area contributed by atoms with Crippen molar-refractivity contribution in [3.63, 3.8) is 0 Å². The molecule has 11 heavy (non-hydrogen) atoms. The maximum atomic E-state index is 11.8. The Labute approximate surface area is 68.6 Å². The first-order valence-corrected chi connectivity index (χ1v) is 4.18. The molecular formula is C8H19FN2. The van der Waals surface area contributed by atoms with Crippen molar-refractivity contribution in [3.05, 3.63) is 0 Å². The normalized spacial score (nSPS) is 13.9. The molecule has 0 spiro atoms. The number of hydrogen-bond donors (Lipinski definition) is 1. The molecule has 3 heteroatoms. The van der Waals surface area contributed by atoms with Crippen LogP contribution in [0.5, 0.6) is 0 Å². The average Bonchev–Trinajstić information content (AvgIpc) is 2.00. The quantitative estimate of drug-likeness (QED) is 0.631. The van der Waals surface area contributed by atoms with Gasteiger partial charge in [-0.15, -0.1) is 0 Å². The van der Waals surface area contributed by atoms with Gasteiger partial charge in [-0.05, 0) is 33.4 Å². The fourth-order valence-corrected chi connectivity index (χ4v) is 0.991. The van der Waals surface area contributed by atoms with Crippen LogP contribution in [0.25, 0.3) is 0 Å². The first kappa shape index (κ1) is 10.8. The molecule has 1 unspecified atom stereocenters. The van der Waals surface area contributed by atoms with Crippen LogP contribution >= 0.6 is 0 Å². The van der Waals surface area contributed by atoms with Crippen molar-refractivity contribution in [2.24, 2.45) is 5.73 Å². The van der Waals surface area contributed by atoms with E-state index in [0.29, 0.717) is 19.0 Å². The standard InChI is InChI=1S/C8H19FN2/c1-8(4-6-10)11(2)7-3-5-9/h8H,3-7,10H2,1-2H3. The van der Waals surface area contributed by atoms with Crippen LogP contribution in [0.15, 0.2) is 0 Å². The van der Waals surface area contributed by atoms with Crippen LogP contribution in [0.4, 0.5) is 4.39 Å². The molecule has 0 amide bonds. The van der Waals surface area contributed by atoms with Crippen molar-refractivity contribution in [2.75, 3.05) is 26.8 Å². The SMILES string of the molecule is CC(CCN)N(C)CCCF. The van der Waals surface area contributed by atoms with E-state index in [1.807, 2.05) is 7.05 Å². The van der Waals surface area contributed by atoms with E-state index < -0.39 is 0 Å². The Kier molecular flexibility index (Phi) is 6.46. The summed E-state index contributed by atoms with van der Waals surface area (Å²) in [6, 6.07) is 0.478. The number of rotatable bonds is 6. The third-order valence-corrected chi connectivity index (χ3v) is 1.98.